The van der Waals surface area contributed by atoms with E-state index in [0.717, 1.165) is 23.5 Å². The van der Waals surface area contributed by atoms with E-state index in [4.69, 9.17) is 5.26 Å². The predicted molar refractivity (Wildman–Crippen MR) is 49.9 cm³/mol. The molecule has 1 unspecified atom stereocenters. The zero-order valence-corrected chi connectivity index (χ0v) is 8.19. The minimum absolute atomic E-state index is 0.135. The van der Waals surface area contributed by atoms with Crippen molar-refractivity contribution in [1.29, 1.82) is 5.26 Å². The maximum absolute atomic E-state index is 8.72. The van der Waals surface area contributed by atoms with Crippen LogP contribution in [0.1, 0.15) is 24.0 Å². The summed E-state index contributed by atoms with van der Waals surface area (Å²) in [4.78, 5) is 4.31. The highest BCUT2D eigenvalue weighted by atomic mass is 32.1. The van der Waals surface area contributed by atoms with E-state index in [9.17, 15) is 0 Å². The van der Waals surface area contributed by atoms with Gasteiger partial charge in [0.15, 0.2) is 0 Å². The van der Waals surface area contributed by atoms with Gasteiger partial charge in [-0.15, -0.1) is 11.3 Å². The Bertz CT molecular complexity index is 285. The van der Waals surface area contributed by atoms with Gasteiger partial charge in [0.25, 0.3) is 0 Å². The molecule has 1 rings (SSSR count). The lowest BCUT2D eigenvalue weighted by atomic mass is 10.1. The first-order valence-corrected chi connectivity index (χ1v) is 4.94. The SMILES string of the molecule is CCC(C#N)Cc1nc(C)cs1. The van der Waals surface area contributed by atoms with Gasteiger partial charge in [0, 0.05) is 17.5 Å². The molecule has 0 fully saturated rings. The monoisotopic (exact) mass is 180 g/mol. The van der Waals surface area contributed by atoms with E-state index >= 15 is 0 Å². The average molecular weight is 180 g/mol. The first-order valence-electron chi connectivity index (χ1n) is 4.07. The summed E-state index contributed by atoms with van der Waals surface area (Å²) in [6, 6.07) is 2.28. The maximum Gasteiger partial charge on any atom is 0.0941 e. The van der Waals surface area contributed by atoms with E-state index in [2.05, 4.69) is 11.1 Å². The molecule has 2 nitrogen and oxygen atoms in total. The van der Waals surface area contributed by atoms with E-state index < -0.39 is 0 Å². The molecule has 1 heterocycles. The molecule has 0 aliphatic rings. The van der Waals surface area contributed by atoms with Gasteiger partial charge in [-0.1, -0.05) is 6.92 Å². The highest BCUT2D eigenvalue weighted by Gasteiger charge is 2.07. The molecule has 64 valence electrons. The normalized spacial score (nSPS) is 12.4. The van der Waals surface area contributed by atoms with Crippen molar-refractivity contribution < 1.29 is 0 Å². The highest BCUT2D eigenvalue weighted by molar-refractivity contribution is 7.09. The summed E-state index contributed by atoms with van der Waals surface area (Å²) in [7, 11) is 0. The van der Waals surface area contributed by atoms with Crippen LogP contribution in [0, 0.1) is 24.2 Å². The summed E-state index contributed by atoms with van der Waals surface area (Å²) in [5.41, 5.74) is 1.06. The molecule has 0 aliphatic heterocycles. The van der Waals surface area contributed by atoms with Crippen molar-refractivity contribution in [3.63, 3.8) is 0 Å². The molecule has 0 bridgehead atoms. The molecule has 0 spiro atoms. The van der Waals surface area contributed by atoms with Crippen LogP contribution in [0.5, 0.6) is 0 Å². The van der Waals surface area contributed by atoms with Crippen LogP contribution in [0.3, 0.4) is 0 Å². The van der Waals surface area contributed by atoms with Crippen molar-refractivity contribution in [3.05, 3.63) is 16.1 Å². The lowest BCUT2D eigenvalue weighted by Gasteiger charge is -2.00. The van der Waals surface area contributed by atoms with Gasteiger partial charge in [-0.05, 0) is 13.3 Å². The van der Waals surface area contributed by atoms with E-state index in [0.29, 0.717) is 0 Å². The lowest BCUT2D eigenvalue weighted by molar-refractivity contribution is 0.635. The van der Waals surface area contributed by atoms with Crippen molar-refractivity contribution in [1.82, 2.24) is 4.98 Å². The second-order valence-electron chi connectivity index (χ2n) is 2.82. The summed E-state index contributed by atoms with van der Waals surface area (Å²) in [6.45, 7) is 4.02. The smallest absolute Gasteiger partial charge is 0.0941 e. The first-order chi connectivity index (χ1) is 5.76. The number of rotatable bonds is 3. The van der Waals surface area contributed by atoms with Crippen LogP contribution in [-0.2, 0) is 6.42 Å². The fraction of sp³-hybridized carbons (Fsp3) is 0.556. The molecule has 0 N–H and O–H groups in total. The summed E-state index contributed by atoms with van der Waals surface area (Å²) in [6.07, 6.45) is 1.72. The van der Waals surface area contributed by atoms with E-state index in [-0.39, 0.29) is 5.92 Å². The van der Waals surface area contributed by atoms with Crippen molar-refractivity contribution in [2.75, 3.05) is 0 Å². The maximum atomic E-state index is 8.72. The van der Waals surface area contributed by atoms with Crippen LogP contribution in [-0.4, -0.2) is 4.98 Å². The van der Waals surface area contributed by atoms with Crippen LogP contribution >= 0.6 is 11.3 Å². The third kappa shape index (κ3) is 2.31. The molecule has 1 aromatic heterocycles. The molecule has 0 saturated carbocycles. The van der Waals surface area contributed by atoms with Gasteiger partial charge < -0.3 is 0 Å². The van der Waals surface area contributed by atoms with Crippen LogP contribution < -0.4 is 0 Å². The Hall–Kier alpha value is -0.880. The zero-order valence-electron chi connectivity index (χ0n) is 7.37. The zero-order chi connectivity index (χ0) is 8.97. The number of thiazole rings is 1. The standard InChI is InChI=1S/C9H12N2S/c1-3-8(5-10)4-9-11-7(2)6-12-9/h6,8H,3-4H2,1-2H3. The van der Waals surface area contributed by atoms with E-state index in [1.807, 2.05) is 19.2 Å². The van der Waals surface area contributed by atoms with Gasteiger partial charge in [0.05, 0.1) is 17.0 Å². The molecule has 3 heteroatoms. The van der Waals surface area contributed by atoms with Gasteiger partial charge in [-0.3, -0.25) is 0 Å². The average Bonchev–Trinajstić information content (AvgIpc) is 2.47. The molecule has 1 atom stereocenters. The second-order valence-corrected chi connectivity index (χ2v) is 3.76. The fourth-order valence-corrected chi connectivity index (χ4v) is 1.84. The quantitative estimate of drug-likeness (QED) is 0.716. The molecule has 0 aliphatic carbocycles. The number of aromatic nitrogens is 1. The van der Waals surface area contributed by atoms with Gasteiger partial charge >= 0.3 is 0 Å². The minimum atomic E-state index is 0.135. The van der Waals surface area contributed by atoms with Crippen molar-refractivity contribution in [2.24, 2.45) is 5.92 Å². The van der Waals surface area contributed by atoms with Gasteiger partial charge in [0.1, 0.15) is 0 Å². The molecule has 0 aromatic carbocycles. The molecule has 1 aromatic rings. The second kappa shape index (κ2) is 4.22. The topological polar surface area (TPSA) is 36.7 Å². The molecule has 0 amide bonds. The number of nitrogens with zero attached hydrogens (tertiary/aromatic N) is 2. The van der Waals surface area contributed by atoms with Crippen LogP contribution in [0.4, 0.5) is 0 Å². The highest BCUT2D eigenvalue weighted by Crippen LogP contribution is 2.15. The number of aryl methyl sites for hydroxylation is 1. The van der Waals surface area contributed by atoms with Gasteiger partial charge in [0.2, 0.25) is 0 Å². The Morgan fingerprint density at radius 2 is 2.50 bits per heavy atom. The Balaban J connectivity index is 2.58. The Kier molecular flexibility index (Phi) is 3.24. The van der Waals surface area contributed by atoms with Crippen LogP contribution in [0.2, 0.25) is 0 Å². The predicted octanol–water partition coefficient (Wildman–Crippen LogP) is 2.54. The lowest BCUT2D eigenvalue weighted by Crippen LogP contribution is -1.99. The van der Waals surface area contributed by atoms with E-state index in [1.165, 1.54) is 0 Å². The molecule has 0 radical (unpaired) electrons. The summed E-state index contributed by atoms with van der Waals surface area (Å²) in [5, 5.41) is 11.8. The fourth-order valence-electron chi connectivity index (χ4n) is 0.989. The Morgan fingerprint density at radius 3 is 2.92 bits per heavy atom. The number of nitriles is 1. The summed E-state index contributed by atoms with van der Waals surface area (Å²) < 4.78 is 0. The molecule has 12 heavy (non-hydrogen) atoms. The van der Waals surface area contributed by atoms with E-state index in [1.54, 1.807) is 11.3 Å². The van der Waals surface area contributed by atoms with Gasteiger partial charge in [-0.2, -0.15) is 5.26 Å². The minimum Gasteiger partial charge on any atom is -0.247 e. The summed E-state index contributed by atoms with van der Waals surface area (Å²) in [5.74, 6) is 0.135. The molecular weight excluding hydrogens is 168 g/mol. The molecule has 0 saturated heterocycles. The van der Waals surface area contributed by atoms with Crippen molar-refractivity contribution in [2.45, 2.75) is 26.7 Å². The van der Waals surface area contributed by atoms with Crippen molar-refractivity contribution in [3.8, 4) is 6.07 Å². The summed E-state index contributed by atoms with van der Waals surface area (Å²) >= 11 is 1.65. The van der Waals surface area contributed by atoms with Crippen molar-refractivity contribution >= 4 is 11.3 Å². The largest absolute Gasteiger partial charge is 0.247 e. The molecular formula is C9H12N2S. The van der Waals surface area contributed by atoms with Crippen LogP contribution in [0.25, 0.3) is 0 Å². The Labute approximate surface area is 76.9 Å². The Morgan fingerprint density at radius 1 is 1.75 bits per heavy atom. The van der Waals surface area contributed by atoms with Gasteiger partial charge in [-0.25, -0.2) is 4.98 Å². The number of hydrogen-bond donors (Lipinski definition) is 0. The third-order valence-corrected chi connectivity index (χ3v) is 2.75. The van der Waals surface area contributed by atoms with Crippen LogP contribution in [0.15, 0.2) is 5.38 Å². The number of hydrogen-bond acceptors (Lipinski definition) is 3. The third-order valence-electron chi connectivity index (χ3n) is 1.76. The first kappa shape index (κ1) is 9.21.